The van der Waals surface area contributed by atoms with E-state index in [1.165, 1.54) is 66.8 Å². The van der Waals surface area contributed by atoms with Crippen LogP contribution in [-0.4, -0.2) is 105 Å². The zero-order valence-corrected chi connectivity index (χ0v) is 54.5. The number of nitrogens with zero attached hydrogens (tertiary/aromatic N) is 3. The van der Waals surface area contributed by atoms with Crippen LogP contribution in [0.1, 0.15) is 126 Å². The zero-order chi connectivity index (χ0) is 58.6. The average molecular weight is 1300 g/mol. The third kappa shape index (κ3) is 15.9. The number of rotatable bonds is 6. The van der Waals surface area contributed by atoms with Gasteiger partial charge in [0.15, 0.2) is 0 Å². The highest BCUT2D eigenvalue weighted by Crippen LogP contribution is 2.43. The molecule has 0 bridgehead atoms. The van der Waals surface area contributed by atoms with Gasteiger partial charge in [0.25, 0.3) is 0 Å². The monoisotopic (exact) mass is 1300 g/mol. The Balaban J connectivity index is 0.000000163. The van der Waals surface area contributed by atoms with Crippen LogP contribution in [0.3, 0.4) is 0 Å². The van der Waals surface area contributed by atoms with E-state index in [-0.39, 0.29) is 61.4 Å². The van der Waals surface area contributed by atoms with Gasteiger partial charge in [-0.25, -0.2) is 0 Å². The van der Waals surface area contributed by atoms with Gasteiger partial charge >= 0.3 is 21.1 Å². The summed E-state index contributed by atoms with van der Waals surface area (Å²) in [4.78, 5) is 0. The van der Waals surface area contributed by atoms with E-state index in [1.807, 2.05) is 75.6 Å². The first-order chi connectivity index (χ1) is 37.5. The van der Waals surface area contributed by atoms with Crippen LogP contribution in [0.2, 0.25) is 0 Å². The lowest BCUT2D eigenvalue weighted by molar-refractivity contribution is 0.00578. The van der Waals surface area contributed by atoms with Gasteiger partial charge < -0.3 is 56.6 Å². The number of benzene rings is 4. The summed E-state index contributed by atoms with van der Waals surface area (Å²) >= 11 is 10.3. The lowest BCUT2D eigenvalue weighted by atomic mass is 9.49. The first-order valence-corrected chi connectivity index (χ1v) is 30.2. The Kier molecular flexibility index (Phi) is 22.4. The van der Waals surface area contributed by atoms with Gasteiger partial charge in [0.1, 0.15) is 0 Å². The molecule has 0 saturated carbocycles. The maximum Gasteiger partial charge on any atom is 0.494 e. The van der Waals surface area contributed by atoms with E-state index in [0.29, 0.717) is 6.42 Å². The fourth-order valence-corrected chi connectivity index (χ4v) is 10.8. The van der Waals surface area contributed by atoms with Gasteiger partial charge in [-0.1, -0.05) is 97.7 Å². The standard InChI is InChI=1S/C17H24BNO3.C12H24B2O4.C11H12BrNO.C9H8BrN.C9H7Br.C4H8O.CH4/c1-16(2)17(3,4)22-18(21-16)13-6-7-14-12(8-9-20)11-19(5)15(14)10-13;1-9(2)10(3,4)16-13(15-9)14-17-11(5,6)12(7,8)18-14;1-13-7-8(4-5-14)10-3-2-9(12)6-11(10)13;1-11-5-4-7-2-3-8(10)6-9(7)11;10-9-5-4-7-2-1-3-8(7)6-9;1-2-4-5-3-1;/h6-7,10-11,20H,8-9H2,1-5H3;1-8H3;2-3,6-7,14H,4-5H2,1H3;2-6H,1H3;1-2,4-6H,3H2;1-4H2;1H4. The molecule has 4 aromatic carbocycles. The highest BCUT2D eigenvalue weighted by Gasteiger charge is 2.63. The molecule has 3 aromatic heterocycles. The van der Waals surface area contributed by atoms with Crippen molar-refractivity contribution in [1.29, 1.82) is 0 Å². The Morgan fingerprint density at radius 1 is 0.506 bits per heavy atom. The predicted octanol–water partition coefficient (Wildman–Crippen LogP) is 14.1. The second-order valence-corrected chi connectivity index (χ2v) is 26.9. The Bertz CT molecular complexity index is 3160. The number of aliphatic hydroxyl groups excluding tert-OH is 2. The van der Waals surface area contributed by atoms with Crippen molar-refractivity contribution in [3.8, 4) is 0 Å². The van der Waals surface area contributed by atoms with Gasteiger partial charge in [-0.3, -0.25) is 0 Å². The van der Waals surface area contributed by atoms with E-state index in [1.54, 1.807) is 0 Å². The summed E-state index contributed by atoms with van der Waals surface area (Å²) in [5, 5.41) is 21.8. The van der Waals surface area contributed by atoms with Gasteiger partial charge in [-0.05, 0) is 197 Å². The normalized spacial score (nSPS) is 19.1. The molecule has 5 aliphatic rings. The summed E-state index contributed by atoms with van der Waals surface area (Å²) in [6, 6.07) is 27.3. The van der Waals surface area contributed by atoms with Crippen LogP contribution in [0.5, 0.6) is 0 Å². The number of halogens is 3. The van der Waals surface area contributed by atoms with E-state index < -0.39 is 14.0 Å². The Hall–Kier alpha value is -3.49. The molecule has 0 radical (unpaired) electrons. The second kappa shape index (κ2) is 27.3. The quantitative estimate of drug-likeness (QED) is 0.157. The first kappa shape index (κ1) is 66.7. The van der Waals surface area contributed by atoms with Crippen LogP contribution >= 0.6 is 47.8 Å². The minimum absolute atomic E-state index is 0. The second-order valence-electron chi connectivity index (χ2n) is 24.2. The Labute approximate surface area is 509 Å². The number of allylic oxidation sites excluding steroid dienone is 1. The zero-order valence-electron chi connectivity index (χ0n) is 49.7. The molecule has 0 atom stereocenters. The molecule has 7 heterocycles. The SMILES string of the molecule is Brc1ccc2c(c1)CC=C2.C.C1CCOC1.CC1(C)OB(B2OC(C)(C)C(C)(C)O2)OC1(C)C.Cn1cc(CCO)c2ccc(B3OC(C)(C)C(C)(C)O3)cc21.Cn1cc(CCO)c2ccc(Br)cc21.Cn1ccc2ccc(Br)cc21. The molecule has 1 aliphatic carbocycles. The third-order valence-electron chi connectivity index (χ3n) is 16.6. The average Bonchev–Trinajstić information content (AvgIpc) is 4.44. The summed E-state index contributed by atoms with van der Waals surface area (Å²) in [7, 11) is 4.81. The summed E-state index contributed by atoms with van der Waals surface area (Å²) in [5.41, 5.74) is 7.69. The summed E-state index contributed by atoms with van der Waals surface area (Å²) in [5.74, 6) is 0. The van der Waals surface area contributed by atoms with Gasteiger partial charge in [-0.2, -0.15) is 0 Å². The summed E-state index contributed by atoms with van der Waals surface area (Å²) < 4.78 is 50.7. The molecule has 4 saturated heterocycles. The molecule has 81 heavy (non-hydrogen) atoms. The highest BCUT2D eigenvalue weighted by molar-refractivity contribution is 9.11. The molecule has 2 N–H and O–H groups in total. The molecule has 0 amide bonds. The molecule has 12 rings (SSSR count). The van der Waals surface area contributed by atoms with Crippen LogP contribution in [0.15, 0.2) is 117 Å². The largest absolute Gasteiger partial charge is 0.494 e. The van der Waals surface area contributed by atoms with E-state index in [4.69, 9.17) is 37.8 Å². The van der Waals surface area contributed by atoms with Crippen molar-refractivity contribution in [3.05, 3.63) is 139 Å². The van der Waals surface area contributed by atoms with Crippen LogP contribution in [0.4, 0.5) is 0 Å². The minimum Gasteiger partial charge on any atom is -0.405 e. The van der Waals surface area contributed by atoms with Gasteiger partial charge in [-0.15, -0.1) is 0 Å². The van der Waals surface area contributed by atoms with Gasteiger partial charge in [0.2, 0.25) is 0 Å². The van der Waals surface area contributed by atoms with Gasteiger partial charge in [0.05, 0.1) is 33.6 Å². The van der Waals surface area contributed by atoms with Gasteiger partial charge in [0, 0.05) is 107 Å². The van der Waals surface area contributed by atoms with Crippen molar-refractivity contribution in [2.75, 3.05) is 26.4 Å². The number of aryl methyl sites for hydroxylation is 3. The van der Waals surface area contributed by atoms with Crippen molar-refractivity contribution in [3.63, 3.8) is 0 Å². The fraction of sp³-hybridized carbons (Fsp3) is 0.492. The van der Waals surface area contributed by atoms with Crippen molar-refractivity contribution < 1.29 is 42.9 Å². The van der Waals surface area contributed by atoms with Crippen molar-refractivity contribution in [1.82, 2.24) is 13.7 Å². The number of fused-ring (bicyclic) bond motifs is 4. The molecule has 4 fully saturated rings. The summed E-state index contributed by atoms with van der Waals surface area (Å²) in [6.45, 7) is 26.8. The molecule has 7 aromatic rings. The molecule has 438 valence electrons. The maximum absolute atomic E-state index is 9.18. The molecular formula is C63H87B3Br3N3O9. The van der Waals surface area contributed by atoms with Crippen LogP contribution in [0, 0.1) is 0 Å². The highest BCUT2D eigenvalue weighted by atomic mass is 79.9. The fourth-order valence-electron chi connectivity index (χ4n) is 9.66. The Morgan fingerprint density at radius 2 is 0.938 bits per heavy atom. The van der Waals surface area contributed by atoms with E-state index in [2.05, 4.69) is 200 Å². The molecule has 4 aliphatic heterocycles. The third-order valence-corrected chi connectivity index (χ3v) is 18.1. The number of hydrogen-bond donors (Lipinski definition) is 2. The topological polar surface area (TPSA) is 120 Å². The number of aromatic nitrogens is 3. The van der Waals surface area contributed by atoms with Crippen LogP contribution < -0.4 is 5.46 Å². The van der Waals surface area contributed by atoms with E-state index >= 15 is 0 Å². The lowest BCUT2D eigenvalue weighted by Crippen LogP contribution is -2.41. The molecule has 18 heteroatoms. The first-order valence-electron chi connectivity index (χ1n) is 27.8. The molecule has 0 unspecified atom stereocenters. The predicted molar refractivity (Wildman–Crippen MR) is 347 cm³/mol. The van der Waals surface area contributed by atoms with Crippen LogP contribution in [-0.2, 0) is 73.1 Å². The van der Waals surface area contributed by atoms with Crippen molar-refractivity contribution in [2.45, 2.75) is 156 Å². The number of aliphatic hydroxyl groups is 2. The minimum atomic E-state index is -0.476. The smallest absolute Gasteiger partial charge is 0.405 e. The van der Waals surface area contributed by atoms with E-state index in [0.717, 1.165) is 46.0 Å². The maximum atomic E-state index is 9.18. The molecule has 0 spiro atoms. The Morgan fingerprint density at radius 3 is 1.42 bits per heavy atom. The molecular weight excluding hydrogens is 1210 g/mol. The van der Waals surface area contributed by atoms with Crippen molar-refractivity contribution in [2.24, 2.45) is 21.1 Å². The lowest BCUT2D eigenvalue weighted by Gasteiger charge is -2.32. The van der Waals surface area contributed by atoms with E-state index in [9.17, 15) is 5.11 Å². The molecule has 12 nitrogen and oxygen atoms in total. The number of hydrogen-bond acceptors (Lipinski definition) is 9. The van der Waals surface area contributed by atoms with Crippen molar-refractivity contribution >= 4 is 113 Å². The van der Waals surface area contributed by atoms with Crippen LogP contribution in [0.25, 0.3) is 38.8 Å². The summed E-state index contributed by atoms with van der Waals surface area (Å²) in [6.07, 6.45) is 15.6. The number of ether oxygens (including phenoxy) is 1.